The van der Waals surface area contributed by atoms with Crippen molar-refractivity contribution in [3.05, 3.63) is 70.4 Å². The van der Waals surface area contributed by atoms with Crippen LogP contribution in [0, 0.1) is 11.6 Å². The molecular formula is C19H16ClF2N3O. The van der Waals surface area contributed by atoms with E-state index in [9.17, 15) is 13.6 Å². The van der Waals surface area contributed by atoms with E-state index in [1.807, 2.05) is 0 Å². The van der Waals surface area contributed by atoms with Gasteiger partial charge in [0.1, 0.15) is 16.7 Å². The fourth-order valence-corrected chi connectivity index (χ4v) is 3.56. The summed E-state index contributed by atoms with van der Waals surface area (Å²) in [5, 5.41) is 4.03. The number of halogens is 3. The van der Waals surface area contributed by atoms with E-state index in [4.69, 9.17) is 11.6 Å². The number of carbonyl (C=O) groups excluding carboxylic acids is 1. The Balaban J connectivity index is 1.50. The van der Waals surface area contributed by atoms with Crippen LogP contribution < -0.4 is 5.32 Å². The van der Waals surface area contributed by atoms with Crippen LogP contribution in [0.25, 0.3) is 10.9 Å². The summed E-state index contributed by atoms with van der Waals surface area (Å²) < 4.78 is 26.9. The molecule has 134 valence electrons. The molecule has 0 spiro atoms. The molecule has 3 aromatic rings. The first-order valence-electron chi connectivity index (χ1n) is 8.23. The fraction of sp³-hybridized carbons (Fsp3) is 0.211. The van der Waals surface area contributed by atoms with Crippen molar-refractivity contribution in [2.24, 2.45) is 0 Å². The third-order valence-corrected chi connectivity index (χ3v) is 5.03. The van der Waals surface area contributed by atoms with Gasteiger partial charge in [-0.25, -0.2) is 8.78 Å². The number of amides is 1. The van der Waals surface area contributed by atoms with Gasteiger partial charge in [0, 0.05) is 18.1 Å². The van der Waals surface area contributed by atoms with Crippen molar-refractivity contribution < 1.29 is 13.6 Å². The topological polar surface area (TPSA) is 48.1 Å². The second-order valence-corrected chi connectivity index (χ2v) is 6.76. The van der Waals surface area contributed by atoms with Crippen LogP contribution in [0.1, 0.15) is 11.1 Å². The van der Waals surface area contributed by atoms with E-state index in [1.165, 1.54) is 18.2 Å². The molecule has 1 aliphatic heterocycles. The van der Waals surface area contributed by atoms with Crippen molar-refractivity contribution in [3.63, 3.8) is 0 Å². The molecule has 1 amide bonds. The molecule has 1 aromatic heterocycles. The molecule has 4 nitrogen and oxygen atoms in total. The predicted molar refractivity (Wildman–Crippen MR) is 95.7 cm³/mol. The summed E-state index contributed by atoms with van der Waals surface area (Å²) >= 11 is 5.98. The number of carbonyl (C=O) groups is 1. The first kappa shape index (κ1) is 17.0. The van der Waals surface area contributed by atoms with E-state index < -0.39 is 5.82 Å². The molecule has 2 N–H and O–H groups in total. The van der Waals surface area contributed by atoms with Crippen molar-refractivity contribution >= 4 is 28.4 Å². The maximum Gasteiger partial charge on any atom is 0.241 e. The number of fused-ring (bicyclic) bond motifs is 1. The minimum absolute atomic E-state index is 0.0446. The van der Waals surface area contributed by atoms with Gasteiger partial charge in [-0.3, -0.25) is 10.1 Å². The summed E-state index contributed by atoms with van der Waals surface area (Å²) in [5.74, 6) is -0.845. The molecule has 1 aliphatic rings. The molecule has 0 bridgehead atoms. The lowest BCUT2D eigenvalue weighted by atomic mass is 10.0. The van der Waals surface area contributed by atoms with Gasteiger partial charge in [0.25, 0.3) is 0 Å². The summed E-state index contributed by atoms with van der Waals surface area (Å²) in [6.45, 7) is 0.753. The van der Waals surface area contributed by atoms with Gasteiger partial charge in [0.05, 0.1) is 18.2 Å². The largest absolute Gasteiger partial charge is 0.360 e. The standard InChI is InChI=1S/C19H16ClF2N3O/c20-17-15(22)5-4-14-12(8-23-18(14)17)7-16-19(26)25(10-24-16)9-11-2-1-3-13(21)6-11/h1-6,8,16,23-24H,7,9-10H2/t16-/m1/s1. The first-order valence-corrected chi connectivity index (χ1v) is 8.61. The normalized spacial score (nSPS) is 17.4. The minimum Gasteiger partial charge on any atom is -0.360 e. The zero-order chi connectivity index (χ0) is 18.3. The zero-order valence-electron chi connectivity index (χ0n) is 13.7. The maximum atomic E-state index is 13.6. The summed E-state index contributed by atoms with van der Waals surface area (Å²) in [7, 11) is 0. The van der Waals surface area contributed by atoms with E-state index in [1.54, 1.807) is 29.3 Å². The number of H-pyrrole nitrogens is 1. The number of benzene rings is 2. The highest BCUT2D eigenvalue weighted by Gasteiger charge is 2.31. The number of aromatic amines is 1. The van der Waals surface area contributed by atoms with Crippen LogP contribution in [-0.4, -0.2) is 28.5 Å². The Morgan fingerprint density at radius 3 is 2.88 bits per heavy atom. The molecule has 0 unspecified atom stereocenters. The van der Waals surface area contributed by atoms with Gasteiger partial charge < -0.3 is 9.88 Å². The van der Waals surface area contributed by atoms with Crippen LogP contribution in [0.3, 0.4) is 0 Å². The Bertz CT molecular complexity index is 988. The van der Waals surface area contributed by atoms with Crippen LogP contribution >= 0.6 is 11.6 Å². The Morgan fingerprint density at radius 2 is 2.08 bits per heavy atom. The van der Waals surface area contributed by atoms with Crippen LogP contribution in [0.2, 0.25) is 5.02 Å². The van der Waals surface area contributed by atoms with Gasteiger partial charge in [0.2, 0.25) is 5.91 Å². The lowest BCUT2D eigenvalue weighted by Gasteiger charge is -2.15. The average molecular weight is 376 g/mol. The molecule has 26 heavy (non-hydrogen) atoms. The summed E-state index contributed by atoms with van der Waals surface area (Å²) in [6, 6.07) is 8.82. The van der Waals surface area contributed by atoms with Gasteiger partial charge in [-0.15, -0.1) is 0 Å². The monoisotopic (exact) mass is 375 g/mol. The maximum absolute atomic E-state index is 13.6. The number of hydrogen-bond donors (Lipinski definition) is 2. The Labute approximate surface area is 153 Å². The van der Waals surface area contributed by atoms with Crippen molar-refractivity contribution in [1.29, 1.82) is 0 Å². The Morgan fingerprint density at radius 1 is 1.23 bits per heavy atom. The van der Waals surface area contributed by atoms with E-state index in [-0.39, 0.29) is 22.8 Å². The van der Waals surface area contributed by atoms with Crippen molar-refractivity contribution in [3.8, 4) is 0 Å². The van der Waals surface area contributed by atoms with Crippen molar-refractivity contribution in [2.75, 3.05) is 6.67 Å². The second-order valence-electron chi connectivity index (χ2n) is 6.38. The molecular weight excluding hydrogens is 360 g/mol. The molecule has 1 atom stereocenters. The van der Waals surface area contributed by atoms with Crippen LogP contribution in [0.4, 0.5) is 8.78 Å². The highest BCUT2D eigenvalue weighted by Crippen LogP contribution is 2.29. The predicted octanol–water partition coefficient (Wildman–Crippen LogP) is 3.60. The van der Waals surface area contributed by atoms with Crippen molar-refractivity contribution in [1.82, 2.24) is 15.2 Å². The average Bonchev–Trinajstić information content (AvgIpc) is 3.17. The minimum atomic E-state index is -0.482. The van der Waals surface area contributed by atoms with Crippen LogP contribution in [0.5, 0.6) is 0 Å². The second kappa shape index (κ2) is 6.70. The Kier molecular flexibility index (Phi) is 4.38. The SMILES string of the molecule is O=C1[C@@H](Cc2c[nH]c3c(Cl)c(F)ccc23)NCN1Cc1cccc(F)c1. The van der Waals surface area contributed by atoms with E-state index in [0.717, 1.165) is 16.5 Å². The summed E-state index contributed by atoms with van der Waals surface area (Å²) in [5.41, 5.74) is 2.17. The lowest BCUT2D eigenvalue weighted by Crippen LogP contribution is -2.32. The summed E-state index contributed by atoms with van der Waals surface area (Å²) in [6.07, 6.45) is 2.21. The van der Waals surface area contributed by atoms with Gasteiger partial charge in [0.15, 0.2) is 0 Å². The molecule has 1 fully saturated rings. The van der Waals surface area contributed by atoms with Gasteiger partial charge in [-0.2, -0.15) is 0 Å². The van der Waals surface area contributed by atoms with Crippen LogP contribution in [0.15, 0.2) is 42.6 Å². The molecule has 7 heteroatoms. The number of aromatic nitrogens is 1. The highest BCUT2D eigenvalue weighted by atomic mass is 35.5. The van der Waals surface area contributed by atoms with Crippen LogP contribution in [-0.2, 0) is 17.8 Å². The van der Waals surface area contributed by atoms with Gasteiger partial charge in [-0.1, -0.05) is 23.7 Å². The lowest BCUT2D eigenvalue weighted by molar-refractivity contribution is -0.129. The van der Waals surface area contributed by atoms with E-state index in [0.29, 0.717) is 25.2 Å². The molecule has 0 saturated carbocycles. The van der Waals surface area contributed by atoms with E-state index >= 15 is 0 Å². The number of nitrogens with zero attached hydrogens (tertiary/aromatic N) is 1. The molecule has 2 aromatic carbocycles. The molecule has 2 heterocycles. The van der Waals surface area contributed by atoms with Gasteiger partial charge >= 0.3 is 0 Å². The third-order valence-electron chi connectivity index (χ3n) is 4.66. The first-order chi connectivity index (χ1) is 12.5. The zero-order valence-corrected chi connectivity index (χ0v) is 14.5. The molecule has 1 saturated heterocycles. The highest BCUT2D eigenvalue weighted by molar-refractivity contribution is 6.35. The van der Waals surface area contributed by atoms with E-state index in [2.05, 4.69) is 10.3 Å². The summed E-state index contributed by atoms with van der Waals surface area (Å²) in [4.78, 5) is 17.3. The number of rotatable bonds is 4. The fourth-order valence-electron chi connectivity index (χ4n) is 3.34. The van der Waals surface area contributed by atoms with Gasteiger partial charge in [-0.05, 0) is 41.8 Å². The third kappa shape index (κ3) is 3.06. The molecule has 4 rings (SSSR count). The number of hydrogen-bond acceptors (Lipinski definition) is 2. The van der Waals surface area contributed by atoms with Crippen molar-refractivity contribution in [2.45, 2.75) is 19.0 Å². The quantitative estimate of drug-likeness (QED) is 0.732. The number of nitrogens with one attached hydrogen (secondary N) is 2. The molecule has 0 aliphatic carbocycles. The Hall–Kier alpha value is -2.44. The molecule has 0 radical (unpaired) electrons. The smallest absolute Gasteiger partial charge is 0.241 e.